The minimum atomic E-state index is 0.0281. The van der Waals surface area contributed by atoms with Crippen LogP contribution in [-0.2, 0) is 6.54 Å². The van der Waals surface area contributed by atoms with Crippen LogP contribution < -0.4 is 5.56 Å². The number of aromatic nitrogens is 2. The quantitative estimate of drug-likeness (QED) is 0.758. The molecule has 0 aliphatic heterocycles. The van der Waals surface area contributed by atoms with Crippen molar-refractivity contribution >= 4 is 15.9 Å². The summed E-state index contributed by atoms with van der Waals surface area (Å²) < 4.78 is 1.64. The maximum absolute atomic E-state index is 11.4. The van der Waals surface area contributed by atoms with Crippen LogP contribution in [0.15, 0.2) is 17.2 Å². The molecular weight excluding hydrogens is 232 g/mol. The van der Waals surface area contributed by atoms with E-state index < -0.39 is 0 Å². The van der Waals surface area contributed by atoms with Crippen molar-refractivity contribution in [2.75, 3.05) is 5.33 Å². The van der Waals surface area contributed by atoms with Crippen molar-refractivity contribution < 1.29 is 0 Å². The smallest absolute Gasteiger partial charge is 0.253 e. The van der Waals surface area contributed by atoms with Gasteiger partial charge in [0.05, 0.1) is 6.33 Å². The Bertz CT molecular complexity index is 335. The van der Waals surface area contributed by atoms with Crippen LogP contribution >= 0.6 is 15.9 Å². The van der Waals surface area contributed by atoms with E-state index in [2.05, 4.69) is 27.8 Å². The molecule has 0 fully saturated rings. The zero-order valence-electron chi connectivity index (χ0n) is 7.83. The average molecular weight is 245 g/mol. The minimum absolute atomic E-state index is 0.0281. The first-order chi connectivity index (χ1) is 6.13. The van der Waals surface area contributed by atoms with Crippen LogP contribution in [-0.4, -0.2) is 14.9 Å². The van der Waals surface area contributed by atoms with Crippen molar-refractivity contribution in [2.24, 2.45) is 5.92 Å². The zero-order valence-corrected chi connectivity index (χ0v) is 9.41. The van der Waals surface area contributed by atoms with Crippen LogP contribution in [0.1, 0.15) is 12.6 Å². The van der Waals surface area contributed by atoms with Crippen LogP contribution in [0.4, 0.5) is 0 Å². The lowest BCUT2D eigenvalue weighted by molar-refractivity contribution is 0.513. The highest BCUT2D eigenvalue weighted by atomic mass is 79.9. The van der Waals surface area contributed by atoms with Gasteiger partial charge in [-0.05, 0) is 12.8 Å². The Balaban J connectivity index is 2.84. The highest BCUT2D eigenvalue weighted by Crippen LogP contribution is 2.01. The molecule has 4 heteroatoms. The Morgan fingerprint density at radius 2 is 2.38 bits per heavy atom. The van der Waals surface area contributed by atoms with Crippen LogP contribution in [0.5, 0.6) is 0 Å². The number of hydrogen-bond donors (Lipinski definition) is 0. The van der Waals surface area contributed by atoms with E-state index in [1.54, 1.807) is 17.0 Å². The molecule has 0 saturated carbocycles. The lowest BCUT2D eigenvalue weighted by Gasteiger charge is -2.09. The van der Waals surface area contributed by atoms with Crippen molar-refractivity contribution in [1.29, 1.82) is 0 Å². The van der Waals surface area contributed by atoms with Crippen molar-refractivity contribution in [3.8, 4) is 0 Å². The molecule has 0 aliphatic carbocycles. The number of hydrogen-bond acceptors (Lipinski definition) is 2. The van der Waals surface area contributed by atoms with Gasteiger partial charge in [0.15, 0.2) is 0 Å². The van der Waals surface area contributed by atoms with Gasteiger partial charge < -0.3 is 0 Å². The predicted molar refractivity (Wildman–Crippen MR) is 56.2 cm³/mol. The van der Waals surface area contributed by atoms with E-state index in [0.717, 1.165) is 17.6 Å². The second-order valence-corrected chi connectivity index (χ2v) is 3.93. The summed E-state index contributed by atoms with van der Waals surface area (Å²) in [7, 11) is 0. The summed E-state index contributed by atoms with van der Waals surface area (Å²) >= 11 is 3.38. The van der Waals surface area contributed by atoms with Crippen LogP contribution in [0, 0.1) is 12.8 Å². The first-order valence-corrected chi connectivity index (χ1v) is 5.34. The normalized spacial score (nSPS) is 12.8. The average Bonchev–Trinajstić information content (AvgIpc) is 2.09. The van der Waals surface area contributed by atoms with Crippen LogP contribution in [0.2, 0.25) is 0 Å². The fourth-order valence-electron chi connectivity index (χ4n) is 1.04. The summed E-state index contributed by atoms with van der Waals surface area (Å²) in [5.74, 6) is 0.446. The number of nitrogens with zero attached hydrogens (tertiary/aromatic N) is 2. The predicted octanol–water partition coefficient (Wildman–Crippen LogP) is 1.58. The zero-order chi connectivity index (χ0) is 9.84. The second kappa shape index (κ2) is 4.56. The second-order valence-electron chi connectivity index (χ2n) is 3.28. The Hall–Kier alpha value is -0.640. The van der Waals surface area contributed by atoms with Gasteiger partial charge in [0, 0.05) is 23.6 Å². The minimum Gasteiger partial charge on any atom is -0.299 e. The molecule has 1 heterocycles. The molecule has 0 amide bonds. The van der Waals surface area contributed by atoms with Gasteiger partial charge in [-0.3, -0.25) is 9.36 Å². The first kappa shape index (κ1) is 10.4. The molecule has 1 unspecified atom stereocenters. The lowest BCUT2D eigenvalue weighted by atomic mass is 10.2. The van der Waals surface area contributed by atoms with Crippen LogP contribution in [0.3, 0.4) is 0 Å². The summed E-state index contributed by atoms with van der Waals surface area (Å²) in [6.07, 6.45) is 1.61. The molecule has 13 heavy (non-hydrogen) atoms. The van der Waals surface area contributed by atoms with E-state index in [1.165, 1.54) is 0 Å². The first-order valence-electron chi connectivity index (χ1n) is 4.22. The third kappa shape index (κ3) is 2.95. The van der Waals surface area contributed by atoms with E-state index in [-0.39, 0.29) is 5.56 Å². The van der Waals surface area contributed by atoms with Crippen LogP contribution in [0.25, 0.3) is 0 Å². The highest BCUT2D eigenvalue weighted by Gasteiger charge is 2.02. The van der Waals surface area contributed by atoms with Crippen molar-refractivity contribution in [3.05, 3.63) is 28.4 Å². The maximum atomic E-state index is 11.4. The lowest BCUT2D eigenvalue weighted by Crippen LogP contribution is -2.23. The van der Waals surface area contributed by atoms with Gasteiger partial charge >= 0.3 is 0 Å². The van der Waals surface area contributed by atoms with E-state index in [4.69, 9.17) is 0 Å². The molecule has 0 saturated heterocycles. The number of halogens is 1. The van der Waals surface area contributed by atoms with Crippen molar-refractivity contribution in [1.82, 2.24) is 9.55 Å². The number of alkyl halides is 1. The summed E-state index contributed by atoms with van der Waals surface area (Å²) in [5, 5.41) is 0.896. The Kier molecular flexibility index (Phi) is 3.66. The Morgan fingerprint density at radius 3 is 2.92 bits per heavy atom. The molecule has 0 N–H and O–H groups in total. The van der Waals surface area contributed by atoms with E-state index in [0.29, 0.717) is 5.92 Å². The summed E-state index contributed by atoms with van der Waals surface area (Å²) in [4.78, 5) is 15.5. The van der Waals surface area contributed by atoms with Gasteiger partial charge in [-0.25, -0.2) is 4.98 Å². The van der Waals surface area contributed by atoms with Gasteiger partial charge in [0.1, 0.15) is 0 Å². The van der Waals surface area contributed by atoms with Gasteiger partial charge in [-0.15, -0.1) is 0 Å². The molecule has 0 aromatic carbocycles. The van der Waals surface area contributed by atoms with E-state index >= 15 is 0 Å². The molecule has 1 atom stereocenters. The molecule has 0 bridgehead atoms. The fourth-order valence-corrected chi connectivity index (χ4v) is 1.24. The summed E-state index contributed by atoms with van der Waals surface area (Å²) in [5.41, 5.74) is 0.799. The number of aryl methyl sites for hydroxylation is 1. The van der Waals surface area contributed by atoms with Gasteiger partial charge in [0.2, 0.25) is 0 Å². The fraction of sp³-hybridized carbons (Fsp3) is 0.556. The Labute approximate surface area is 85.9 Å². The van der Waals surface area contributed by atoms with Crippen molar-refractivity contribution in [3.63, 3.8) is 0 Å². The summed E-state index contributed by atoms with van der Waals surface area (Å²) in [6, 6.07) is 1.56. The van der Waals surface area contributed by atoms with Gasteiger partial charge in [-0.1, -0.05) is 22.9 Å². The molecule has 0 radical (unpaired) electrons. The summed E-state index contributed by atoms with van der Waals surface area (Å²) in [6.45, 7) is 4.62. The molecule has 1 aromatic rings. The largest absolute Gasteiger partial charge is 0.299 e. The van der Waals surface area contributed by atoms with E-state index in [9.17, 15) is 4.79 Å². The van der Waals surface area contributed by atoms with E-state index in [1.807, 2.05) is 6.92 Å². The van der Waals surface area contributed by atoms with Crippen molar-refractivity contribution in [2.45, 2.75) is 20.4 Å². The van der Waals surface area contributed by atoms with Gasteiger partial charge in [-0.2, -0.15) is 0 Å². The Morgan fingerprint density at radius 1 is 1.69 bits per heavy atom. The standard InChI is InChI=1S/C9H13BrN2O/c1-7(4-10)5-12-6-11-8(2)3-9(12)13/h3,6-7H,4-5H2,1-2H3. The SMILES string of the molecule is Cc1cc(=O)n(CC(C)CBr)cn1. The molecule has 0 spiro atoms. The third-order valence-electron chi connectivity index (χ3n) is 1.79. The molecule has 1 aromatic heterocycles. The highest BCUT2D eigenvalue weighted by molar-refractivity contribution is 9.09. The molecule has 0 aliphatic rings. The number of rotatable bonds is 3. The monoisotopic (exact) mass is 244 g/mol. The molecule has 1 rings (SSSR count). The van der Waals surface area contributed by atoms with Gasteiger partial charge in [0.25, 0.3) is 5.56 Å². The maximum Gasteiger partial charge on any atom is 0.253 e. The third-order valence-corrected chi connectivity index (χ3v) is 2.89. The molecule has 3 nitrogen and oxygen atoms in total. The molecular formula is C9H13BrN2O. The molecule has 72 valence electrons. The topological polar surface area (TPSA) is 34.9 Å².